The van der Waals surface area contributed by atoms with Crippen LogP contribution in [-0.4, -0.2) is 24.5 Å². The van der Waals surface area contributed by atoms with E-state index < -0.39 is 0 Å². The molecule has 0 radical (unpaired) electrons. The second-order valence-electron chi connectivity index (χ2n) is 4.26. The molecule has 0 saturated carbocycles. The lowest BCUT2D eigenvalue weighted by Gasteiger charge is -2.07. The molecule has 0 unspecified atom stereocenters. The van der Waals surface area contributed by atoms with E-state index in [4.69, 9.17) is 10.5 Å². The summed E-state index contributed by atoms with van der Waals surface area (Å²) in [7, 11) is 0. The zero-order valence-electron chi connectivity index (χ0n) is 11.1. The van der Waals surface area contributed by atoms with E-state index in [1.807, 2.05) is 0 Å². The van der Waals surface area contributed by atoms with Crippen LogP contribution in [-0.2, 0) is 0 Å². The standard InChI is InChI=1S/C13H11FN6O/c1-8-2-3-9(6-10(8)14)21-13-18-11(15)17-12(19-13)20-5-4-16-7-20/h2-7H,1H3,(H2,15,17,18,19). The number of imidazole rings is 1. The lowest BCUT2D eigenvalue weighted by atomic mass is 10.2. The Morgan fingerprint density at radius 2 is 2.10 bits per heavy atom. The van der Waals surface area contributed by atoms with Crippen molar-refractivity contribution >= 4 is 5.95 Å². The first-order chi connectivity index (χ1) is 10.1. The first-order valence-corrected chi connectivity index (χ1v) is 6.06. The van der Waals surface area contributed by atoms with E-state index >= 15 is 0 Å². The van der Waals surface area contributed by atoms with Crippen molar-refractivity contribution in [2.75, 3.05) is 5.73 Å². The van der Waals surface area contributed by atoms with Gasteiger partial charge in [0.05, 0.1) is 0 Å². The highest BCUT2D eigenvalue weighted by Gasteiger charge is 2.09. The van der Waals surface area contributed by atoms with Crippen LogP contribution in [0.1, 0.15) is 5.56 Å². The molecule has 0 atom stereocenters. The van der Waals surface area contributed by atoms with Crippen molar-refractivity contribution in [3.63, 3.8) is 0 Å². The molecule has 3 rings (SSSR count). The summed E-state index contributed by atoms with van der Waals surface area (Å²) < 4.78 is 20.5. The second-order valence-corrected chi connectivity index (χ2v) is 4.26. The molecule has 3 aromatic rings. The van der Waals surface area contributed by atoms with Crippen LogP contribution in [0.5, 0.6) is 11.8 Å². The average Bonchev–Trinajstić information content (AvgIpc) is 2.96. The molecule has 1 aromatic carbocycles. The van der Waals surface area contributed by atoms with Crippen molar-refractivity contribution in [3.8, 4) is 17.7 Å². The summed E-state index contributed by atoms with van der Waals surface area (Å²) in [5.41, 5.74) is 6.15. The van der Waals surface area contributed by atoms with Gasteiger partial charge in [0.2, 0.25) is 11.9 Å². The van der Waals surface area contributed by atoms with Gasteiger partial charge in [0.25, 0.3) is 0 Å². The lowest BCUT2D eigenvalue weighted by Crippen LogP contribution is -2.06. The zero-order chi connectivity index (χ0) is 14.8. The molecule has 106 valence electrons. The molecule has 0 aliphatic carbocycles. The number of nitrogens with zero attached hydrogens (tertiary/aromatic N) is 5. The van der Waals surface area contributed by atoms with Crippen LogP contribution in [0.3, 0.4) is 0 Å². The van der Waals surface area contributed by atoms with Crippen LogP contribution in [0, 0.1) is 12.7 Å². The molecule has 7 nitrogen and oxygen atoms in total. The number of aromatic nitrogens is 5. The third kappa shape index (κ3) is 2.78. The van der Waals surface area contributed by atoms with Crippen LogP contribution in [0.15, 0.2) is 36.9 Å². The van der Waals surface area contributed by atoms with E-state index in [9.17, 15) is 4.39 Å². The quantitative estimate of drug-likeness (QED) is 0.790. The Hall–Kier alpha value is -3.03. The third-order valence-corrected chi connectivity index (χ3v) is 2.71. The van der Waals surface area contributed by atoms with E-state index in [0.29, 0.717) is 5.56 Å². The van der Waals surface area contributed by atoms with Crippen molar-refractivity contribution in [3.05, 3.63) is 48.3 Å². The van der Waals surface area contributed by atoms with Gasteiger partial charge in [0, 0.05) is 18.5 Å². The minimum atomic E-state index is -0.371. The average molecular weight is 286 g/mol. The summed E-state index contributed by atoms with van der Waals surface area (Å²) in [5, 5.41) is 0. The van der Waals surface area contributed by atoms with Crippen molar-refractivity contribution in [2.24, 2.45) is 0 Å². The predicted molar refractivity (Wildman–Crippen MR) is 72.6 cm³/mol. The highest BCUT2D eigenvalue weighted by Crippen LogP contribution is 2.21. The molecule has 0 bridgehead atoms. The number of anilines is 1. The molecule has 2 aromatic heterocycles. The van der Waals surface area contributed by atoms with E-state index in [2.05, 4.69) is 19.9 Å². The van der Waals surface area contributed by atoms with E-state index in [0.717, 1.165) is 0 Å². The molecule has 2 heterocycles. The van der Waals surface area contributed by atoms with E-state index in [1.165, 1.54) is 12.4 Å². The highest BCUT2D eigenvalue weighted by molar-refractivity contribution is 5.32. The van der Waals surface area contributed by atoms with Gasteiger partial charge >= 0.3 is 6.01 Å². The number of nitrogen functional groups attached to an aromatic ring is 1. The van der Waals surface area contributed by atoms with Gasteiger partial charge in [0.15, 0.2) is 0 Å². The highest BCUT2D eigenvalue weighted by atomic mass is 19.1. The van der Waals surface area contributed by atoms with Gasteiger partial charge in [-0.3, -0.25) is 4.57 Å². The van der Waals surface area contributed by atoms with Gasteiger partial charge in [0.1, 0.15) is 17.9 Å². The predicted octanol–water partition coefficient (Wildman–Crippen LogP) is 1.88. The fourth-order valence-corrected chi connectivity index (χ4v) is 1.64. The minimum absolute atomic E-state index is 0.00344. The maximum absolute atomic E-state index is 13.5. The number of rotatable bonds is 3. The maximum Gasteiger partial charge on any atom is 0.328 e. The summed E-state index contributed by atoms with van der Waals surface area (Å²) in [6.07, 6.45) is 4.75. The minimum Gasteiger partial charge on any atom is -0.424 e. The molecule has 2 N–H and O–H groups in total. The number of benzene rings is 1. The lowest BCUT2D eigenvalue weighted by molar-refractivity contribution is 0.435. The topological polar surface area (TPSA) is 91.7 Å². The summed E-state index contributed by atoms with van der Waals surface area (Å²) in [6, 6.07) is 4.46. The fraction of sp³-hybridized carbons (Fsp3) is 0.0769. The number of halogens is 1. The van der Waals surface area contributed by atoms with Crippen LogP contribution < -0.4 is 10.5 Å². The molecule has 0 aliphatic rings. The van der Waals surface area contributed by atoms with Crippen molar-refractivity contribution in [1.29, 1.82) is 0 Å². The van der Waals surface area contributed by atoms with Gasteiger partial charge in [-0.15, -0.1) is 0 Å². The SMILES string of the molecule is Cc1ccc(Oc2nc(N)nc(-n3ccnc3)n2)cc1F. The van der Waals surface area contributed by atoms with E-state index in [-0.39, 0.29) is 29.5 Å². The molecule has 8 heteroatoms. The monoisotopic (exact) mass is 286 g/mol. The zero-order valence-corrected chi connectivity index (χ0v) is 11.1. The molecule has 0 fully saturated rings. The number of nitrogens with two attached hydrogens (primary N) is 1. The second kappa shape index (κ2) is 5.16. The maximum atomic E-state index is 13.5. The van der Waals surface area contributed by atoms with Crippen LogP contribution >= 0.6 is 0 Å². The number of hydrogen-bond donors (Lipinski definition) is 1. The first-order valence-electron chi connectivity index (χ1n) is 6.06. The van der Waals surface area contributed by atoms with Crippen molar-refractivity contribution in [1.82, 2.24) is 24.5 Å². The number of hydrogen-bond acceptors (Lipinski definition) is 6. The molecule has 0 saturated heterocycles. The Labute approximate surface area is 119 Å². The van der Waals surface area contributed by atoms with Gasteiger partial charge in [-0.1, -0.05) is 6.07 Å². The summed E-state index contributed by atoms with van der Waals surface area (Å²) >= 11 is 0. The van der Waals surface area contributed by atoms with Crippen molar-refractivity contribution < 1.29 is 9.13 Å². The van der Waals surface area contributed by atoms with Crippen molar-refractivity contribution in [2.45, 2.75) is 6.92 Å². The fourth-order valence-electron chi connectivity index (χ4n) is 1.64. The summed E-state index contributed by atoms with van der Waals surface area (Å²) in [5.74, 6) is 0.170. The molecule has 0 aliphatic heterocycles. The van der Waals surface area contributed by atoms with E-state index in [1.54, 1.807) is 36.0 Å². The van der Waals surface area contributed by atoms with Crippen LogP contribution in [0.4, 0.5) is 10.3 Å². The molecular formula is C13H11FN6O. The Morgan fingerprint density at radius 3 is 2.81 bits per heavy atom. The van der Waals surface area contributed by atoms with Gasteiger partial charge in [-0.2, -0.15) is 15.0 Å². The Kier molecular flexibility index (Phi) is 3.19. The third-order valence-electron chi connectivity index (χ3n) is 2.71. The van der Waals surface area contributed by atoms with Gasteiger partial charge < -0.3 is 10.5 Å². The number of ether oxygens (including phenoxy) is 1. The molecule has 0 amide bonds. The summed E-state index contributed by atoms with van der Waals surface area (Å²) in [6.45, 7) is 1.66. The molecule has 21 heavy (non-hydrogen) atoms. The Morgan fingerprint density at radius 1 is 1.24 bits per heavy atom. The molecule has 0 spiro atoms. The normalized spacial score (nSPS) is 10.6. The largest absolute Gasteiger partial charge is 0.424 e. The summed E-state index contributed by atoms with van der Waals surface area (Å²) in [4.78, 5) is 15.8. The van der Waals surface area contributed by atoms with Gasteiger partial charge in [-0.25, -0.2) is 9.37 Å². The van der Waals surface area contributed by atoms with Crippen LogP contribution in [0.25, 0.3) is 5.95 Å². The first kappa shape index (κ1) is 13.0. The Balaban J connectivity index is 1.93. The molecular weight excluding hydrogens is 275 g/mol. The smallest absolute Gasteiger partial charge is 0.328 e. The van der Waals surface area contributed by atoms with Gasteiger partial charge in [-0.05, 0) is 18.6 Å². The Bertz CT molecular complexity index is 774. The number of aryl methyl sites for hydroxylation is 1. The van der Waals surface area contributed by atoms with Crippen LogP contribution in [0.2, 0.25) is 0 Å².